The molecule has 94 valence electrons. The molecule has 1 nitrogen and oxygen atoms in total. The molecule has 0 radical (unpaired) electrons. The zero-order valence-electron chi connectivity index (χ0n) is 11.8. The third-order valence-electron chi connectivity index (χ3n) is 2.41. The van der Waals surface area contributed by atoms with E-state index < -0.39 is 13.7 Å². The van der Waals surface area contributed by atoms with Crippen molar-refractivity contribution in [2.75, 3.05) is 0 Å². The Morgan fingerprint density at radius 3 is 2.25 bits per heavy atom. The molecule has 2 heteroatoms. The van der Waals surface area contributed by atoms with E-state index in [4.69, 9.17) is 0 Å². The molecule has 0 aromatic heterocycles. The van der Waals surface area contributed by atoms with Crippen LogP contribution in [0.5, 0.6) is 0 Å². The number of aliphatic hydroxyl groups is 1. The standard InChI is InChI=1S/C14H28OSi/c1-13(2)9-7-10-14(3,15)11-8-12-16(4,5)6/h8-9,11,15H,7,10,12H2,1-6H3/b11-8+/t14-/m0/s1. The predicted octanol–water partition coefficient (Wildman–Crippen LogP) is 4.38. The molecule has 0 amide bonds. The SMILES string of the molecule is CC(C)=CCC[C@](C)(O)/C=C/C[Si](C)(C)C. The number of hydrogen-bond donors (Lipinski definition) is 1. The molecule has 0 fully saturated rings. The van der Waals surface area contributed by atoms with E-state index in [0.29, 0.717) is 0 Å². The first kappa shape index (κ1) is 15.7. The summed E-state index contributed by atoms with van der Waals surface area (Å²) in [6, 6.07) is 1.14. The largest absolute Gasteiger partial charge is 0.386 e. The zero-order valence-corrected chi connectivity index (χ0v) is 12.8. The van der Waals surface area contributed by atoms with Crippen LogP contribution < -0.4 is 0 Å². The Balaban J connectivity index is 4.09. The lowest BCUT2D eigenvalue weighted by Crippen LogP contribution is -2.22. The van der Waals surface area contributed by atoms with Crippen molar-refractivity contribution in [3.8, 4) is 0 Å². The Morgan fingerprint density at radius 2 is 1.81 bits per heavy atom. The molecule has 0 aromatic rings. The van der Waals surface area contributed by atoms with Crippen molar-refractivity contribution < 1.29 is 5.11 Å². The van der Waals surface area contributed by atoms with Gasteiger partial charge in [-0.05, 0) is 39.7 Å². The average Bonchev–Trinajstić information content (AvgIpc) is 1.99. The van der Waals surface area contributed by atoms with Crippen LogP contribution in [0.1, 0.15) is 33.6 Å². The van der Waals surface area contributed by atoms with E-state index in [9.17, 15) is 5.11 Å². The van der Waals surface area contributed by atoms with Crippen LogP contribution in [0.3, 0.4) is 0 Å². The van der Waals surface area contributed by atoms with Crippen LogP contribution in [0, 0.1) is 0 Å². The van der Waals surface area contributed by atoms with Gasteiger partial charge in [0.25, 0.3) is 0 Å². The third-order valence-corrected chi connectivity index (χ3v) is 3.87. The molecule has 0 saturated carbocycles. The van der Waals surface area contributed by atoms with Crippen molar-refractivity contribution >= 4 is 8.07 Å². The number of allylic oxidation sites excluding steroid dienone is 3. The molecule has 0 spiro atoms. The maximum atomic E-state index is 10.1. The van der Waals surface area contributed by atoms with Crippen LogP contribution >= 0.6 is 0 Å². The Morgan fingerprint density at radius 1 is 1.25 bits per heavy atom. The molecule has 1 N–H and O–H groups in total. The lowest BCUT2D eigenvalue weighted by atomic mass is 9.99. The first-order valence-corrected chi connectivity index (χ1v) is 9.87. The van der Waals surface area contributed by atoms with Crippen molar-refractivity contribution in [3.63, 3.8) is 0 Å². The van der Waals surface area contributed by atoms with Crippen LogP contribution in [0.2, 0.25) is 25.7 Å². The highest BCUT2D eigenvalue weighted by atomic mass is 28.3. The summed E-state index contributed by atoms with van der Waals surface area (Å²) in [5.41, 5.74) is 0.674. The Kier molecular flexibility index (Phi) is 6.27. The summed E-state index contributed by atoms with van der Waals surface area (Å²) < 4.78 is 0. The third kappa shape index (κ3) is 10.2. The molecule has 0 rings (SSSR count). The fourth-order valence-electron chi connectivity index (χ4n) is 1.40. The van der Waals surface area contributed by atoms with Gasteiger partial charge in [-0.15, -0.1) is 0 Å². The van der Waals surface area contributed by atoms with Gasteiger partial charge < -0.3 is 5.11 Å². The fraction of sp³-hybridized carbons (Fsp3) is 0.714. The van der Waals surface area contributed by atoms with Gasteiger partial charge in [-0.2, -0.15) is 0 Å². The molecule has 1 atom stereocenters. The number of rotatable bonds is 6. The maximum absolute atomic E-state index is 10.1. The van der Waals surface area contributed by atoms with Gasteiger partial charge >= 0.3 is 0 Å². The maximum Gasteiger partial charge on any atom is 0.0802 e. The molecule has 0 aliphatic carbocycles. The summed E-state index contributed by atoms with van der Waals surface area (Å²) in [6.45, 7) is 13.1. The highest BCUT2D eigenvalue weighted by molar-refractivity contribution is 6.76. The lowest BCUT2D eigenvalue weighted by molar-refractivity contribution is 0.103. The van der Waals surface area contributed by atoms with Crippen LogP contribution in [0.15, 0.2) is 23.8 Å². The van der Waals surface area contributed by atoms with E-state index >= 15 is 0 Å². The predicted molar refractivity (Wildman–Crippen MR) is 76.6 cm³/mol. The second kappa shape index (κ2) is 6.41. The second-order valence-corrected chi connectivity index (χ2v) is 11.9. The van der Waals surface area contributed by atoms with Gasteiger partial charge in [0, 0.05) is 8.07 Å². The summed E-state index contributed by atoms with van der Waals surface area (Å²) >= 11 is 0. The van der Waals surface area contributed by atoms with Crippen molar-refractivity contribution in [2.45, 2.75) is 64.9 Å². The van der Waals surface area contributed by atoms with E-state index in [1.165, 1.54) is 5.57 Å². The van der Waals surface area contributed by atoms with Gasteiger partial charge in [-0.1, -0.05) is 43.4 Å². The highest BCUT2D eigenvalue weighted by Crippen LogP contribution is 2.17. The monoisotopic (exact) mass is 240 g/mol. The molecule has 0 saturated heterocycles. The topological polar surface area (TPSA) is 20.2 Å². The van der Waals surface area contributed by atoms with Gasteiger partial charge in [-0.3, -0.25) is 0 Å². The second-order valence-electron chi connectivity index (χ2n) is 6.34. The molecule has 0 aliphatic heterocycles. The Hall–Kier alpha value is -0.343. The van der Waals surface area contributed by atoms with Gasteiger partial charge in [0.2, 0.25) is 0 Å². The molecular formula is C14H28OSi. The van der Waals surface area contributed by atoms with Crippen molar-refractivity contribution in [1.82, 2.24) is 0 Å². The smallest absolute Gasteiger partial charge is 0.0802 e. The molecule has 0 aromatic carbocycles. The van der Waals surface area contributed by atoms with E-state index in [2.05, 4.69) is 45.6 Å². The molecule has 0 unspecified atom stereocenters. The summed E-state index contributed by atoms with van der Waals surface area (Å²) in [4.78, 5) is 0. The van der Waals surface area contributed by atoms with E-state index in [-0.39, 0.29) is 0 Å². The minimum Gasteiger partial charge on any atom is -0.386 e. The van der Waals surface area contributed by atoms with Crippen molar-refractivity contribution in [2.24, 2.45) is 0 Å². The first-order valence-electron chi connectivity index (χ1n) is 6.16. The molecule has 0 aliphatic rings. The van der Waals surface area contributed by atoms with Crippen molar-refractivity contribution in [1.29, 1.82) is 0 Å². The summed E-state index contributed by atoms with van der Waals surface area (Å²) in [5.74, 6) is 0. The van der Waals surface area contributed by atoms with Crippen LogP contribution in [0.25, 0.3) is 0 Å². The Bertz CT molecular complexity index is 252. The summed E-state index contributed by atoms with van der Waals surface area (Å²) in [5, 5.41) is 10.1. The zero-order chi connectivity index (χ0) is 12.8. The average molecular weight is 240 g/mol. The van der Waals surface area contributed by atoms with Crippen LogP contribution in [0.4, 0.5) is 0 Å². The van der Waals surface area contributed by atoms with Crippen LogP contribution in [-0.2, 0) is 0 Å². The lowest BCUT2D eigenvalue weighted by Gasteiger charge is -2.19. The summed E-state index contributed by atoms with van der Waals surface area (Å²) in [7, 11) is -1.02. The Labute approximate surface area is 102 Å². The van der Waals surface area contributed by atoms with E-state index in [1.54, 1.807) is 0 Å². The first-order chi connectivity index (χ1) is 7.12. The molecule has 0 bridgehead atoms. The quantitative estimate of drug-likeness (QED) is 0.539. The van der Waals surface area contributed by atoms with Crippen LogP contribution in [-0.4, -0.2) is 18.8 Å². The van der Waals surface area contributed by atoms with Gasteiger partial charge in [0.1, 0.15) is 0 Å². The minimum absolute atomic E-state index is 0.647. The normalized spacial score (nSPS) is 16.2. The molecule has 0 heterocycles. The molecule has 16 heavy (non-hydrogen) atoms. The van der Waals surface area contributed by atoms with Gasteiger partial charge in [-0.25, -0.2) is 0 Å². The van der Waals surface area contributed by atoms with E-state index in [1.807, 2.05) is 13.0 Å². The number of hydrogen-bond acceptors (Lipinski definition) is 1. The van der Waals surface area contributed by atoms with E-state index in [0.717, 1.165) is 18.9 Å². The minimum atomic E-state index is -1.02. The van der Waals surface area contributed by atoms with Gasteiger partial charge in [0.15, 0.2) is 0 Å². The summed E-state index contributed by atoms with van der Waals surface area (Å²) in [6.07, 6.45) is 8.08. The van der Waals surface area contributed by atoms with Crippen molar-refractivity contribution in [3.05, 3.63) is 23.8 Å². The van der Waals surface area contributed by atoms with Gasteiger partial charge in [0.05, 0.1) is 5.60 Å². The highest BCUT2D eigenvalue weighted by Gasteiger charge is 2.16. The molecular weight excluding hydrogens is 212 g/mol. The fourth-order valence-corrected chi connectivity index (χ4v) is 2.23.